The van der Waals surface area contributed by atoms with Gasteiger partial charge in [-0.1, -0.05) is 25.1 Å². The molecule has 0 fully saturated rings. The van der Waals surface area contributed by atoms with Gasteiger partial charge in [-0.15, -0.1) is 0 Å². The first kappa shape index (κ1) is 13.8. The van der Waals surface area contributed by atoms with Crippen molar-refractivity contribution in [3.8, 4) is 0 Å². The first-order valence-corrected chi connectivity index (χ1v) is 6.95. The smallest absolute Gasteiger partial charge is 0.0726 e. The van der Waals surface area contributed by atoms with Gasteiger partial charge >= 0.3 is 0 Å². The van der Waals surface area contributed by atoms with E-state index in [0.29, 0.717) is 6.04 Å². The second-order valence-corrected chi connectivity index (χ2v) is 5.13. The number of benzene rings is 1. The van der Waals surface area contributed by atoms with Crippen molar-refractivity contribution in [2.45, 2.75) is 33.4 Å². The number of para-hydroxylation sites is 1. The lowest BCUT2D eigenvalue weighted by molar-refractivity contribution is 0.710. The fraction of sp³-hybridized carbons (Fsp3) is 0.438. The molecule has 1 N–H and O–H groups in total. The summed E-state index contributed by atoms with van der Waals surface area (Å²) < 4.78 is 0. The predicted molar refractivity (Wildman–Crippen MR) is 82.7 cm³/mol. The van der Waals surface area contributed by atoms with Gasteiger partial charge in [0.1, 0.15) is 0 Å². The molecule has 0 bridgehead atoms. The van der Waals surface area contributed by atoms with Gasteiger partial charge in [-0.3, -0.25) is 4.98 Å². The summed E-state index contributed by atoms with van der Waals surface area (Å²) in [5, 5.41) is 4.56. The molecule has 19 heavy (non-hydrogen) atoms. The SMILES string of the molecule is CCNCc1cc(N(C)C(C)C)c2ccccc2n1. The van der Waals surface area contributed by atoms with Gasteiger partial charge in [-0.05, 0) is 32.5 Å². The molecule has 102 valence electrons. The van der Waals surface area contributed by atoms with Crippen LogP contribution in [0.15, 0.2) is 30.3 Å². The van der Waals surface area contributed by atoms with Crippen LogP contribution in [0.2, 0.25) is 0 Å². The number of hydrogen-bond donors (Lipinski definition) is 1. The van der Waals surface area contributed by atoms with Gasteiger partial charge in [0.15, 0.2) is 0 Å². The van der Waals surface area contributed by atoms with Crippen LogP contribution in [0.1, 0.15) is 26.5 Å². The zero-order valence-electron chi connectivity index (χ0n) is 12.3. The molecule has 0 atom stereocenters. The molecule has 2 rings (SSSR count). The number of nitrogens with zero attached hydrogens (tertiary/aromatic N) is 2. The monoisotopic (exact) mass is 257 g/mol. The highest BCUT2D eigenvalue weighted by atomic mass is 15.1. The van der Waals surface area contributed by atoms with Crippen LogP contribution in [-0.4, -0.2) is 24.6 Å². The quantitative estimate of drug-likeness (QED) is 0.891. The van der Waals surface area contributed by atoms with Crippen molar-refractivity contribution in [1.29, 1.82) is 0 Å². The van der Waals surface area contributed by atoms with Crippen LogP contribution in [0.5, 0.6) is 0 Å². The lowest BCUT2D eigenvalue weighted by Gasteiger charge is -2.25. The Bertz CT molecular complexity index is 549. The number of aromatic nitrogens is 1. The summed E-state index contributed by atoms with van der Waals surface area (Å²) in [5.41, 5.74) is 3.43. The van der Waals surface area contributed by atoms with E-state index in [1.165, 1.54) is 11.1 Å². The molecule has 0 radical (unpaired) electrons. The normalized spacial score (nSPS) is 11.2. The van der Waals surface area contributed by atoms with Crippen molar-refractivity contribution in [3.63, 3.8) is 0 Å². The van der Waals surface area contributed by atoms with Crippen molar-refractivity contribution in [2.75, 3.05) is 18.5 Å². The number of anilines is 1. The maximum atomic E-state index is 4.73. The maximum absolute atomic E-state index is 4.73. The topological polar surface area (TPSA) is 28.2 Å². The summed E-state index contributed by atoms with van der Waals surface area (Å²) in [6.07, 6.45) is 0. The lowest BCUT2D eigenvalue weighted by Crippen LogP contribution is -2.26. The van der Waals surface area contributed by atoms with E-state index in [4.69, 9.17) is 4.98 Å². The molecule has 0 aliphatic heterocycles. The molecule has 0 aliphatic carbocycles. The highest BCUT2D eigenvalue weighted by Crippen LogP contribution is 2.27. The largest absolute Gasteiger partial charge is 0.372 e. The van der Waals surface area contributed by atoms with Gasteiger partial charge in [0.05, 0.1) is 11.2 Å². The van der Waals surface area contributed by atoms with E-state index in [-0.39, 0.29) is 0 Å². The van der Waals surface area contributed by atoms with Gasteiger partial charge in [-0.25, -0.2) is 0 Å². The van der Waals surface area contributed by atoms with Crippen molar-refractivity contribution in [3.05, 3.63) is 36.0 Å². The average molecular weight is 257 g/mol. The van der Waals surface area contributed by atoms with Crippen LogP contribution in [-0.2, 0) is 6.54 Å². The molecule has 0 aliphatic rings. The minimum atomic E-state index is 0.470. The third kappa shape index (κ3) is 3.04. The molecule has 3 heteroatoms. The van der Waals surface area contributed by atoms with E-state index in [2.05, 4.69) is 62.3 Å². The number of hydrogen-bond acceptors (Lipinski definition) is 3. The van der Waals surface area contributed by atoms with Crippen LogP contribution >= 0.6 is 0 Å². The number of pyridine rings is 1. The molecule has 1 aromatic carbocycles. The Morgan fingerprint density at radius 3 is 2.68 bits per heavy atom. The summed E-state index contributed by atoms with van der Waals surface area (Å²) >= 11 is 0. The first-order valence-electron chi connectivity index (χ1n) is 6.95. The summed E-state index contributed by atoms with van der Waals surface area (Å²) in [6.45, 7) is 8.31. The molecule has 1 heterocycles. The summed E-state index contributed by atoms with van der Waals surface area (Å²) in [7, 11) is 2.14. The van der Waals surface area contributed by atoms with Crippen molar-refractivity contribution < 1.29 is 0 Å². The van der Waals surface area contributed by atoms with E-state index in [1.807, 2.05) is 6.07 Å². The molecule has 0 unspecified atom stereocenters. The molecule has 1 aromatic heterocycles. The fourth-order valence-corrected chi connectivity index (χ4v) is 2.12. The number of nitrogens with one attached hydrogen (secondary N) is 1. The van der Waals surface area contributed by atoms with Gasteiger partial charge in [0, 0.05) is 30.7 Å². The zero-order valence-corrected chi connectivity index (χ0v) is 12.3. The zero-order chi connectivity index (χ0) is 13.8. The number of rotatable bonds is 5. The fourth-order valence-electron chi connectivity index (χ4n) is 2.12. The van der Waals surface area contributed by atoms with E-state index in [0.717, 1.165) is 24.3 Å². The molecular weight excluding hydrogens is 234 g/mol. The molecule has 0 amide bonds. The Hall–Kier alpha value is -1.61. The van der Waals surface area contributed by atoms with Crippen molar-refractivity contribution >= 4 is 16.6 Å². The number of fused-ring (bicyclic) bond motifs is 1. The summed E-state index contributed by atoms with van der Waals surface area (Å²) in [5.74, 6) is 0. The molecule has 2 aromatic rings. The second-order valence-electron chi connectivity index (χ2n) is 5.13. The van der Waals surface area contributed by atoms with Gasteiger partial charge in [-0.2, -0.15) is 0 Å². The Morgan fingerprint density at radius 1 is 1.26 bits per heavy atom. The highest BCUT2D eigenvalue weighted by molar-refractivity contribution is 5.92. The highest BCUT2D eigenvalue weighted by Gasteiger charge is 2.11. The molecule has 0 saturated heterocycles. The van der Waals surface area contributed by atoms with Crippen molar-refractivity contribution in [1.82, 2.24) is 10.3 Å². The van der Waals surface area contributed by atoms with Crippen LogP contribution < -0.4 is 10.2 Å². The maximum Gasteiger partial charge on any atom is 0.0726 e. The first-order chi connectivity index (χ1) is 9.13. The van der Waals surface area contributed by atoms with Gasteiger partial charge < -0.3 is 10.2 Å². The minimum absolute atomic E-state index is 0.470. The Labute approximate surface area is 115 Å². The van der Waals surface area contributed by atoms with E-state index < -0.39 is 0 Å². The van der Waals surface area contributed by atoms with E-state index in [1.54, 1.807) is 0 Å². The molecule has 0 saturated carbocycles. The predicted octanol–water partition coefficient (Wildman–Crippen LogP) is 3.19. The average Bonchev–Trinajstić information content (AvgIpc) is 2.43. The third-order valence-electron chi connectivity index (χ3n) is 3.46. The standard InChI is InChI=1S/C16H23N3/c1-5-17-11-13-10-16(19(4)12(2)3)14-8-6-7-9-15(14)18-13/h6-10,12,17H,5,11H2,1-4H3. The van der Waals surface area contributed by atoms with Crippen LogP contribution in [0, 0.1) is 0 Å². The lowest BCUT2D eigenvalue weighted by atomic mass is 10.1. The third-order valence-corrected chi connectivity index (χ3v) is 3.46. The van der Waals surface area contributed by atoms with Gasteiger partial charge in [0.2, 0.25) is 0 Å². The molecular formula is C16H23N3. The Kier molecular flexibility index (Phi) is 4.38. The van der Waals surface area contributed by atoms with Crippen LogP contribution in [0.25, 0.3) is 10.9 Å². The molecule has 3 nitrogen and oxygen atoms in total. The van der Waals surface area contributed by atoms with E-state index >= 15 is 0 Å². The summed E-state index contributed by atoms with van der Waals surface area (Å²) in [4.78, 5) is 7.03. The molecule has 0 spiro atoms. The van der Waals surface area contributed by atoms with Crippen LogP contribution in [0.3, 0.4) is 0 Å². The Morgan fingerprint density at radius 2 is 2.00 bits per heavy atom. The van der Waals surface area contributed by atoms with Crippen molar-refractivity contribution in [2.24, 2.45) is 0 Å². The van der Waals surface area contributed by atoms with E-state index in [9.17, 15) is 0 Å². The Balaban J connectivity index is 2.51. The second kappa shape index (κ2) is 6.02. The minimum Gasteiger partial charge on any atom is -0.372 e. The van der Waals surface area contributed by atoms with Gasteiger partial charge in [0.25, 0.3) is 0 Å². The summed E-state index contributed by atoms with van der Waals surface area (Å²) in [6, 6.07) is 11.0. The van der Waals surface area contributed by atoms with Crippen LogP contribution in [0.4, 0.5) is 5.69 Å².